The molecule has 1 atom stereocenters. The molecule has 3 rings (SSSR count). The molecule has 126 valence electrons. The second-order valence-corrected chi connectivity index (χ2v) is 5.52. The van der Waals surface area contributed by atoms with Gasteiger partial charge in [-0.05, 0) is 36.5 Å². The van der Waals surface area contributed by atoms with Gasteiger partial charge >= 0.3 is 6.61 Å². The van der Waals surface area contributed by atoms with Crippen molar-refractivity contribution in [3.8, 4) is 5.75 Å². The van der Waals surface area contributed by atoms with Gasteiger partial charge in [0.1, 0.15) is 5.75 Å². The van der Waals surface area contributed by atoms with Gasteiger partial charge in [0.2, 0.25) is 0 Å². The number of benzene rings is 1. The van der Waals surface area contributed by atoms with E-state index in [9.17, 15) is 8.78 Å². The van der Waals surface area contributed by atoms with E-state index in [-0.39, 0.29) is 30.6 Å². The molecule has 0 bridgehead atoms. The lowest BCUT2D eigenvalue weighted by Gasteiger charge is -2.35. The Kier molecular flexibility index (Phi) is 7.83. The molecule has 2 aliphatic rings. The van der Waals surface area contributed by atoms with Crippen LogP contribution in [-0.4, -0.2) is 37.7 Å². The minimum Gasteiger partial charge on any atom is -0.435 e. The molecule has 22 heavy (non-hydrogen) atoms. The van der Waals surface area contributed by atoms with Crippen molar-refractivity contribution in [1.29, 1.82) is 0 Å². The molecule has 0 spiro atoms. The summed E-state index contributed by atoms with van der Waals surface area (Å²) in [6, 6.07) is 7.60. The summed E-state index contributed by atoms with van der Waals surface area (Å²) in [5.41, 5.74) is 1.22. The highest BCUT2D eigenvalue weighted by Gasteiger charge is 2.36. The number of rotatable bonds is 5. The highest BCUT2D eigenvalue weighted by molar-refractivity contribution is 5.85. The van der Waals surface area contributed by atoms with Crippen molar-refractivity contribution in [3.05, 3.63) is 29.8 Å². The molecule has 1 heterocycles. The Hall–Kier alpha value is -0.620. The van der Waals surface area contributed by atoms with E-state index in [1.807, 2.05) is 12.1 Å². The first-order valence-electron chi connectivity index (χ1n) is 7.23. The van der Waals surface area contributed by atoms with Crippen molar-refractivity contribution in [3.63, 3.8) is 0 Å². The largest absolute Gasteiger partial charge is 0.435 e. The number of piperazine rings is 1. The molecule has 0 aromatic heterocycles. The molecule has 0 unspecified atom stereocenters. The van der Waals surface area contributed by atoms with E-state index >= 15 is 0 Å². The van der Waals surface area contributed by atoms with Crippen LogP contribution in [0, 0.1) is 5.92 Å². The molecule has 1 aromatic carbocycles. The quantitative estimate of drug-likeness (QED) is 0.875. The SMILES string of the molecule is Cl.Cl.FC(F)Oc1ccc([C@@H](C2CC2)N2CCNCC2)cc1. The second-order valence-electron chi connectivity index (χ2n) is 5.52. The summed E-state index contributed by atoms with van der Waals surface area (Å²) in [4.78, 5) is 2.51. The van der Waals surface area contributed by atoms with Gasteiger partial charge in [-0.15, -0.1) is 24.8 Å². The van der Waals surface area contributed by atoms with Crippen molar-refractivity contribution in [1.82, 2.24) is 10.2 Å². The molecule has 1 aliphatic heterocycles. The Morgan fingerprint density at radius 2 is 1.64 bits per heavy atom. The third kappa shape index (κ3) is 4.95. The monoisotopic (exact) mass is 354 g/mol. The fourth-order valence-corrected chi connectivity index (χ4v) is 3.00. The molecule has 1 aliphatic carbocycles. The van der Waals surface area contributed by atoms with Crippen LogP contribution in [0.3, 0.4) is 0 Å². The zero-order valence-corrected chi connectivity index (χ0v) is 13.8. The highest BCUT2D eigenvalue weighted by Crippen LogP contribution is 2.44. The second kappa shape index (κ2) is 8.87. The predicted molar refractivity (Wildman–Crippen MR) is 87.5 cm³/mol. The van der Waals surface area contributed by atoms with Gasteiger partial charge < -0.3 is 10.1 Å². The van der Waals surface area contributed by atoms with Crippen LogP contribution < -0.4 is 10.1 Å². The van der Waals surface area contributed by atoms with Gasteiger partial charge in [-0.25, -0.2) is 0 Å². The van der Waals surface area contributed by atoms with Gasteiger partial charge in [0.25, 0.3) is 0 Å². The van der Waals surface area contributed by atoms with Crippen molar-refractivity contribution in [2.75, 3.05) is 26.2 Å². The van der Waals surface area contributed by atoms with Crippen molar-refractivity contribution < 1.29 is 13.5 Å². The summed E-state index contributed by atoms with van der Waals surface area (Å²) >= 11 is 0. The van der Waals surface area contributed by atoms with E-state index in [0.717, 1.165) is 32.1 Å². The number of alkyl halides is 2. The van der Waals surface area contributed by atoms with Crippen LogP contribution in [-0.2, 0) is 0 Å². The third-order valence-corrected chi connectivity index (χ3v) is 4.06. The molecule has 7 heteroatoms. The number of nitrogens with zero attached hydrogens (tertiary/aromatic N) is 1. The Morgan fingerprint density at radius 1 is 1.05 bits per heavy atom. The number of hydrogen-bond donors (Lipinski definition) is 1. The summed E-state index contributed by atoms with van der Waals surface area (Å²) in [5.74, 6) is 0.952. The van der Waals surface area contributed by atoms with Crippen LogP contribution in [0.15, 0.2) is 24.3 Å². The maximum Gasteiger partial charge on any atom is 0.387 e. The molecule has 1 saturated carbocycles. The van der Waals surface area contributed by atoms with Gasteiger partial charge in [0.05, 0.1) is 0 Å². The number of ether oxygens (including phenoxy) is 1. The summed E-state index contributed by atoms with van der Waals surface area (Å²) in [6.45, 7) is 1.40. The molecule has 2 fully saturated rings. The minimum atomic E-state index is -2.76. The van der Waals surface area contributed by atoms with Crippen LogP contribution in [0.25, 0.3) is 0 Å². The first kappa shape index (κ1) is 19.4. The number of nitrogens with one attached hydrogen (secondary N) is 1. The van der Waals surface area contributed by atoms with Crippen LogP contribution in [0.2, 0.25) is 0 Å². The fourth-order valence-electron chi connectivity index (χ4n) is 3.00. The Bertz CT molecular complexity index is 438. The van der Waals surface area contributed by atoms with Crippen LogP contribution in [0.5, 0.6) is 5.75 Å². The predicted octanol–water partition coefficient (Wildman–Crippen LogP) is 3.49. The molecule has 1 saturated heterocycles. The van der Waals surface area contributed by atoms with E-state index in [2.05, 4.69) is 15.0 Å². The topological polar surface area (TPSA) is 24.5 Å². The minimum absolute atomic E-state index is 0. The van der Waals surface area contributed by atoms with Crippen LogP contribution in [0.4, 0.5) is 8.78 Å². The van der Waals surface area contributed by atoms with Crippen molar-refractivity contribution >= 4 is 24.8 Å². The Balaban J connectivity index is 0.00000121. The van der Waals surface area contributed by atoms with Gasteiger partial charge in [0, 0.05) is 32.2 Å². The third-order valence-electron chi connectivity index (χ3n) is 4.06. The first-order chi connectivity index (χ1) is 9.74. The van der Waals surface area contributed by atoms with E-state index < -0.39 is 6.61 Å². The highest BCUT2D eigenvalue weighted by atomic mass is 35.5. The van der Waals surface area contributed by atoms with Crippen LogP contribution in [0.1, 0.15) is 24.4 Å². The summed E-state index contributed by atoms with van der Waals surface area (Å²) in [7, 11) is 0. The Morgan fingerprint density at radius 3 is 2.14 bits per heavy atom. The van der Waals surface area contributed by atoms with Crippen LogP contribution >= 0.6 is 24.8 Å². The standard InChI is InChI=1S/C15H20F2N2O.2ClH/c16-15(17)20-13-5-3-12(4-6-13)14(11-1-2-11)19-9-7-18-8-10-19;;/h3-6,11,14-15,18H,1-2,7-10H2;2*1H/t14-;;/m1../s1. The smallest absolute Gasteiger partial charge is 0.387 e. The van der Waals surface area contributed by atoms with E-state index in [1.54, 1.807) is 12.1 Å². The molecular weight excluding hydrogens is 333 g/mol. The van der Waals surface area contributed by atoms with Gasteiger partial charge in [-0.2, -0.15) is 8.78 Å². The average Bonchev–Trinajstić information content (AvgIpc) is 3.26. The molecule has 1 N–H and O–H groups in total. The van der Waals surface area contributed by atoms with Gasteiger partial charge in [-0.3, -0.25) is 4.90 Å². The summed E-state index contributed by atoms with van der Waals surface area (Å²) in [6.07, 6.45) is 2.54. The van der Waals surface area contributed by atoms with Gasteiger partial charge in [-0.1, -0.05) is 12.1 Å². The maximum absolute atomic E-state index is 12.2. The molecular formula is C15H22Cl2F2N2O. The van der Waals surface area contributed by atoms with E-state index in [0.29, 0.717) is 6.04 Å². The maximum atomic E-state index is 12.2. The molecule has 3 nitrogen and oxygen atoms in total. The lowest BCUT2D eigenvalue weighted by molar-refractivity contribution is -0.0498. The molecule has 0 amide bonds. The zero-order chi connectivity index (χ0) is 13.9. The van der Waals surface area contributed by atoms with Gasteiger partial charge in [0.15, 0.2) is 0 Å². The normalized spacial score (nSPS) is 20.0. The molecule has 1 aromatic rings. The van der Waals surface area contributed by atoms with E-state index in [4.69, 9.17) is 0 Å². The number of hydrogen-bond acceptors (Lipinski definition) is 3. The average molecular weight is 355 g/mol. The Labute approximate surface area is 142 Å². The van der Waals surface area contributed by atoms with Crippen molar-refractivity contribution in [2.45, 2.75) is 25.5 Å². The molecule has 0 radical (unpaired) electrons. The lowest BCUT2D eigenvalue weighted by Crippen LogP contribution is -2.45. The summed E-state index contributed by atoms with van der Waals surface area (Å²) in [5, 5.41) is 3.37. The van der Waals surface area contributed by atoms with Crippen molar-refractivity contribution in [2.24, 2.45) is 5.92 Å². The lowest BCUT2D eigenvalue weighted by atomic mass is 9.99. The summed E-state index contributed by atoms with van der Waals surface area (Å²) < 4.78 is 28.8. The fraction of sp³-hybridized carbons (Fsp3) is 0.600. The zero-order valence-electron chi connectivity index (χ0n) is 12.2. The van der Waals surface area contributed by atoms with E-state index in [1.165, 1.54) is 18.4 Å². The number of halogens is 4. The first-order valence-corrected chi connectivity index (χ1v) is 7.23.